The van der Waals surface area contributed by atoms with Gasteiger partial charge in [0.25, 0.3) is 0 Å². The van der Waals surface area contributed by atoms with Crippen LogP contribution in [-0.4, -0.2) is 35.3 Å². The minimum atomic E-state index is 0.537. The van der Waals surface area contributed by atoms with Crippen molar-refractivity contribution in [3.05, 3.63) is 41.1 Å². The molecule has 1 N–H and O–H groups in total. The van der Waals surface area contributed by atoms with Gasteiger partial charge in [0.15, 0.2) is 0 Å². The normalized spacial score (nSPS) is 19.2. The van der Waals surface area contributed by atoms with Gasteiger partial charge in [-0.05, 0) is 49.4 Å². The molecule has 2 aromatic heterocycles. The molecule has 0 amide bonds. The number of hydrogen-bond acceptors (Lipinski definition) is 4. The highest BCUT2D eigenvalue weighted by Crippen LogP contribution is 2.29. The fourth-order valence-corrected chi connectivity index (χ4v) is 3.66. The van der Waals surface area contributed by atoms with Crippen LogP contribution in [0.2, 0.25) is 0 Å². The van der Waals surface area contributed by atoms with Crippen LogP contribution in [0.5, 0.6) is 0 Å². The van der Waals surface area contributed by atoms with Crippen LogP contribution in [0.4, 0.5) is 0 Å². The summed E-state index contributed by atoms with van der Waals surface area (Å²) in [6.07, 6.45) is 5.56. The molecule has 132 valence electrons. The lowest BCUT2D eigenvalue weighted by molar-refractivity contribution is 0.153. The molecule has 0 bridgehead atoms. The number of H-pyrrole nitrogens is 1. The first-order valence-corrected chi connectivity index (χ1v) is 8.96. The molecule has 0 spiro atoms. The van der Waals surface area contributed by atoms with E-state index in [0.717, 1.165) is 37.6 Å². The highest BCUT2D eigenvalue weighted by Gasteiger charge is 2.25. The van der Waals surface area contributed by atoms with Crippen LogP contribution >= 0.6 is 0 Å². The monoisotopic (exact) mass is 331 g/mol. The standard InChI is InChI=1S/C19H29N3O2/c1-14(2)9-16-10-20-21-19(16)15-5-4-8-22(11-15)12-17-6-7-18(24-17)13-23-3/h6-7,10,14-15H,4-5,8-9,11-13H2,1-3H3,(H,20,21). The Kier molecular flexibility index (Phi) is 5.74. The van der Waals surface area contributed by atoms with Crippen molar-refractivity contribution in [3.8, 4) is 0 Å². The van der Waals surface area contributed by atoms with Crippen LogP contribution in [0.15, 0.2) is 22.7 Å². The highest BCUT2D eigenvalue weighted by atomic mass is 16.5. The lowest BCUT2D eigenvalue weighted by Gasteiger charge is -2.32. The maximum atomic E-state index is 5.84. The number of nitrogens with one attached hydrogen (secondary N) is 1. The third-order valence-electron chi connectivity index (χ3n) is 4.68. The Morgan fingerprint density at radius 2 is 2.21 bits per heavy atom. The van der Waals surface area contributed by atoms with Gasteiger partial charge in [0.05, 0.1) is 12.7 Å². The second kappa shape index (κ2) is 7.99. The molecule has 0 radical (unpaired) electrons. The Morgan fingerprint density at radius 3 is 3.00 bits per heavy atom. The average Bonchev–Trinajstić information content (AvgIpc) is 3.17. The third kappa shape index (κ3) is 4.28. The number of rotatable bonds is 7. The van der Waals surface area contributed by atoms with E-state index >= 15 is 0 Å². The number of methoxy groups -OCH3 is 1. The largest absolute Gasteiger partial charge is 0.462 e. The van der Waals surface area contributed by atoms with Crippen LogP contribution in [0.25, 0.3) is 0 Å². The molecule has 5 heteroatoms. The molecule has 1 unspecified atom stereocenters. The van der Waals surface area contributed by atoms with Crippen LogP contribution in [-0.2, 0) is 24.3 Å². The Morgan fingerprint density at radius 1 is 1.38 bits per heavy atom. The minimum absolute atomic E-state index is 0.537. The van der Waals surface area contributed by atoms with E-state index in [2.05, 4.69) is 35.0 Å². The van der Waals surface area contributed by atoms with E-state index in [-0.39, 0.29) is 0 Å². The van der Waals surface area contributed by atoms with Gasteiger partial charge in [0, 0.05) is 25.3 Å². The van der Waals surface area contributed by atoms with Crippen LogP contribution in [0.3, 0.4) is 0 Å². The number of hydrogen-bond donors (Lipinski definition) is 1. The summed E-state index contributed by atoms with van der Waals surface area (Å²) in [7, 11) is 1.69. The van der Waals surface area contributed by atoms with Crippen molar-refractivity contribution in [2.45, 2.75) is 52.2 Å². The molecule has 24 heavy (non-hydrogen) atoms. The van der Waals surface area contributed by atoms with Gasteiger partial charge in [-0.2, -0.15) is 5.10 Å². The summed E-state index contributed by atoms with van der Waals surface area (Å²) < 4.78 is 11.0. The molecule has 0 aromatic carbocycles. The summed E-state index contributed by atoms with van der Waals surface area (Å²) in [5.41, 5.74) is 2.73. The smallest absolute Gasteiger partial charge is 0.129 e. The Hall–Kier alpha value is -1.59. The van der Waals surface area contributed by atoms with Gasteiger partial charge in [0.2, 0.25) is 0 Å². The zero-order valence-electron chi connectivity index (χ0n) is 15.0. The van der Waals surface area contributed by atoms with Gasteiger partial charge < -0.3 is 9.15 Å². The first kappa shape index (κ1) is 17.2. The second-order valence-electron chi connectivity index (χ2n) is 7.28. The Labute approximate surface area is 144 Å². The van der Waals surface area contributed by atoms with Crippen LogP contribution in [0.1, 0.15) is 55.4 Å². The predicted octanol–water partition coefficient (Wildman–Crippen LogP) is 3.73. The van der Waals surface area contributed by atoms with E-state index in [9.17, 15) is 0 Å². The summed E-state index contributed by atoms with van der Waals surface area (Å²) in [4.78, 5) is 2.49. The molecule has 3 heterocycles. The lowest BCUT2D eigenvalue weighted by atomic mass is 9.90. The molecule has 0 aliphatic carbocycles. The van der Waals surface area contributed by atoms with E-state index in [1.807, 2.05) is 12.3 Å². The van der Waals surface area contributed by atoms with Gasteiger partial charge in [-0.25, -0.2) is 0 Å². The summed E-state index contributed by atoms with van der Waals surface area (Å²) in [5.74, 6) is 3.12. The molecule has 1 atom stereocenters. The zero-order valence-corrected chi connectivity index (χ0v) is 15.0. The second-order valence-corrected chi connectivity index (χ2v) is 7.28. The summed E-state index contributed by atoms with van der Waals surface area (Å²) in [5, 5.41) is 7.58. The van der Waals surface area contributed by atoms with Crippen LogP contribution < -0.4 is 0 Å². The first-order valence-electron chi connectivity index (χ1n) is 8.96. The van der Waals surface area contributed by atoms with Gasteiger partial charge in [-0.15, -0.1) is 0 Å². The van der Waals surface area contributed by atoms with E-state index in [4.69, 9.17) is 9.15 Å². The van der Waals surface area contributed by atoms with Gasteiger partial charge in [-0.3, -0.25) is 10.00 Å². The third-order valence-corrected chi connectivity index (χ3v) is 4.68. The maximum Gasteiger partial charge on any atom is 0.129 e. The number of likely N-dealkylation sites (tertiary alicyclic amines) is 1. The molecular weight excluding hydrogens is 302 g/mol. The number of nitrogens with zero attached hydrogens (tertiary/aromatic N) is 2. The van der Waals surface area contributed by atoms with Crippen molar-refractivity contribution in [2.24, 2.45) is 5.92 Å². The van der Waals surface area contributed by atoms with E-state index in [1.165, 1.54) is 24.1 Å². The molecule has 3 rings (SSSR count). The quantitative estimate of drug-likeness (QED) is 0.840. The molecule has 1 saturated heterocycles. The van der Waals surface area contributed by atoms with E-state index in [1.54, 1.807) is 7.11 Å². The van der Waals surface area contributed by atoms with Gasteiger partial charge in [0.1, 0.15) is 18.1 Å². The number of piperidine rings is 1. The number of aromatic amines is 1. The Bertz CT molecular complexity index is 632. The molecule has 5 nitrogen and oxygen atoms in total. The highest BCUT2D eigenvalue weighted by molar-refractivity contribution is 5.22. The summed E-state index contributed by atoms with van der Waals surface area (Å²) in [6, 6.07) is 4.08. The molecular formula is C19H29N3O2. The zero-order chi connectivity index (χ0) is 16.9. The van der Waals surface area contributed by atoms with E-state index < -0.39 is 0 Å². The molecule has 2 aromatic rings. The van der Waals surface area contributed by atoms with Crippen LogP contribution in [0, 0.1) is 5.92 Å². The molecule has 1 aliphatic heterocycles. The van der Waals surface area contributed by atoms with Crippen molar-refractivity contribution in [3.63, 3.8) is 0 Å². The molecule has 1 fully saturated rings. The molecule has 1 aliphatic rings. The van der Waals surface area contributed by atoms with Crippen molar-refractivity contribution >= 4 is 0 Å². The fraction of sp³-hybridized carbons (Fsp3) is 0.632. The number of aromatic nitrogens is 2. The van der Waals surface area contributed by atoms with Crippen molar-refractivity contribution in [2.75, 3.05) is 20.2 Å². The number of furan rings is 1. The van der Waals surface area contributed by atoms with Crippen molar-refractivity contribution in [1.82, 2.24) is 15.1 Å². The predicted molar refractivity (Wildman–Crippen MR) is 93.8 cm³/mol. The minimum Gasteiger partial charge on any atom is -0.462 e. The fourth-order valence-electron chi connectivity index (χ4n) is 3.66. The first-order chi connectivity index (χ1) is 11.7. The van der Waals surface area contributed by atoms with Gasteiger partial charge >= 0.3 is 0 Å². The maximum absolute atomic E-state index is 5.84. The summed E-state index contributed by atoms with van der Waals surface area (Å²) in [6.45, 7) is 8.12. The van der Waals surface area contributed by atoms with Crippen molar-refractivity contribution < 1.29 is 9.15 Å². The topological polar surface area (TPSA) is 54.3 Å². The Balaban J connectivity index is 1.62. The SMILES string of the molecule is COCc1ccc(CN2CCCC(c3[nH]ncc3CC(C)C)C2)o1. The average molecular weight is 331 g/mol. The van der Waals surface area contributed by atoms with Gasteiger partial charge in [-0.1, -0.05) is 13.8 Å². The number of ether oxygens (including phenoxy) is 1. The van der Waals surface area contributed by atoms with E-state index in [0.29, 0.717) is 18.4 Å². The lowest BCUT2D eigenvalue weighted by Crippen LogP contribution is -2.34. The molecule has 0 saturated carbocycles. The summed E-state index contributed by atoms with van der Waals surface area (Å²) >= 11 is 0. The van der Waals surface area contributed by atoms with Crippen molar-refractivity contribution in [1.29, 1.82) is 0 Å².